The fourth-order valence-corrected chi connectivity index (χ4v) is 3.86. The number of nitrogen functional groups attached to an aromatic ring is 1. The molecule has 184 valence electrons. The lowest BCUT2D eigenvalue weighted by molar-refractivity contribution is -0.132. The maximum absolute atomic E-state index is 12.6. The van der Waals surface area contributed by atoms with Crippen LogP contribution in [0.15, 0.2) is 47.6 Å². The fourth-order valence-electron chi connectivity index (χ4n) is 3.86. The summed E-state index contributed by atoms with van der Waals surface area (Å²) in [7, 11) is 0. The monoisotopic (exact) mass is 468 g/mol. The summed E-state index contributed by atoms with van der Waals surface area (Å²) in [5.74, 6) is 9.68. The molecule has 1 amide bonds. The molecule has 0 aromatic heterocycles. The molecule has 2 aromatic rings. The van der Waals surface area contributed by atoms with Gasteiger partial charge in [-0.3, -0.25) is 15.5 Å². The Kier molecular flexibility index (Phi) is 11.0. The van der Waals surface area contributed by atoms with E-state index >= 15 is 0 Å². The van der Waals surface area contributed by atoms with E-state index in [2.05, 4.69) is 34.1 Å². The van der Waals surface area contributed by atoms with E-state index in [-0.39, 0.29) is 11.9 Å². The molecule has 1 saturated heterocycles. The van der Waals surface area contributed by atoms with Gasteiger partial charge in [-0.2, -0.15) is 5.10 Å². The van der Waals surface area contributed by atoms with Gasteiger partial charge in [-0.05, 0) is 35.7 Å². The number of hydrazine groups is 1. The van der Waals surface area contributed by atoms with Gasteiger partial charge in [0.15, 0.2) is 0 Å². The number of fused-ring (bicyclic) bond motifs is 1. The number of hydrazone groups is 1. The van der Waals surface area contributed by atoms with E-state index in [1.54, 1.807) is 0 Å². The first-order chi connectivity index (χ1) is 16.5. The van der Waals surface area contributed by atoms with Gasteiger partial charge in [0.2, 0.25) is 5.91 Å². The van der Waals surface area contributed by atoms with Crippen LogP contribution in [-0.2, 0) is 29.0 Å². The van der Waals surface area contributed by atoms with Crippen LogP contribution in [0.5, 0.6) is 0 Å². The largest absolute Gasteiger partial charge is 0.457 e. The summed E-state index contributed by atoms with van der Waals surface area (Å²) in [5, 5.41) is 2.75. The maximum Gasteiger partial charge on any atom is 0.338 e. The molecule has 0 atom stereocenters. The van der Waals surface area contributed by atoms with E-state index in [1.165, 1.54) is 5.56 Å². The number of carbonyl (C=O) groups is 2. The summed E-state index contributed by atoms with van der Waals surface area (Å²) in [6, 6.07) is 13.6. The number of nitrogens with zero attached hydrogens (tertiary/aromatic N) is 3. The summed E-state index contributed by atoms with van der Waals surface area (Å²) in [6.45, 7) is 11.5. The average molecular weight is 469 g/mol. The van der Waals surface area contributed by atoms with Crippen LogP contribution in [0.25, 0.3) is 0 Å². The second-order valence-electron chi connectivity index (χ2n) is 7.74. The number of nitrogens with one attached hydrogen (secondary N) is 1. The van der Waals surface area contributed by atoms with Gasteiger partial charge in [-0.25, -0.2) is 4.79 Å². The molecule has 4 rings (SSSR count). The van der Waals surface area contributed by atoms with Crippen molar-refractivity contribution in [2.75, 3.05) is 38.1 Å². The molecule has 0 aliphatic carbocycles. The molecule has 0 radical (unpaired) electrons. The number of hydrogen-bond acceptors (Lipinski definition) is 8. The standard InChI is InChI=1S/C22H26N4O3.C2H6.CH4N2/c23-24-19-4-1-16(2-5-19)14-21(27)26-11-9-25(10-12-26)8-7-17-3-6-20-18(13-17)15-29-22(20)28;1-2;1-3-2/h1-6,13,24H,7-12,14-15,23H2;1-2H3;1-2H2. The predicted molar refractivity (Wildman–Crippen MR) is 135 cm³/mol. The highest BCUT2D eigenvalue weighted by atomic mass is 16.5. The minimum Gasteiger partial charge on any atom is -0.457 e. The van der Waals surface area contributed by atoms with Gasteiger partial charge in [0.05, 0.1) is 12.0 Å². The Balaban J connectivity index is 0.000000758. The number of carbonyl (C=O) groups excluding carboxylic acids is 2. The molecule has 0 unspecified atom stereocenters. The third kappa shape index (κ3) is 7.57. The first-order valence-electron chi connectivity index (χ1n) is 11.5. The molecule has 1 fully saturated rings. The minimum atomic E-state index is -0.223. The molecule has 5 N–H and O–H groups in total. The number of hydrogen-bond donors (Lipinski definition) is 3. The summed E-state index contributed by atoms with van der Waals surface area (Å²) in [4.78, 5) is 28.4. The molecule has 2 heterocycles. The lowest BCUT2D eigenvalue weighted by atomic mass is 10.0. The van der Waals surface area contributed by atoms with Crippen molar-refractivity contribution in [3.8, 4) is 0 Å². The Hall–Kier alpha value is -3.43. The Bertz CT molecular complexity index is 940. The van der Waals surface area contributed by atoms with Crippen molar-refractivity contribution >= 4 is 24.3 Å². The zero-order valence-electron chi connectivity index (χ0n) is 20.1. The molecular weight excluding hydrogens is 432 g/mol. The number of cyclic esters (lactones) is 1. The highest BCUT2D eigenvalue weighted by molar-refractivity contribution is 5.93. The van der Waals surface area contributed by atoms with Crippen molar-refractivity contribution in [2.24, 2.45) is 16.8 Å². The third-order valence-electron chi connectivity index (χ3n) is 5.67. The minimum absolute atomic E-state index is 0.168. The predicted octanol–water partition coefficient (Wildman–Crippen LogP) is 2.16. The first-order valence-corrected chi connectivity index (χ1v) is 11.5. The zero-order chi connectivity index (χ0) is 24.9. The second-order valence-corrected chi connectivity index (χ2v) is 7.74. The maximum atomic E-state index is 12.6. The second kappa shape index (κ2) is 14.0. The molecule has 2 aliphatic rings. The van der Waals surface area contributed by atoms with E-state index in [0.29, 0.717) is 18.6 Å². The summed E-state index contributed by atoms with van der Waals surface area (Å²) >= 11 is 0. The molecule has 9 heteroatoms. The lowest BCUT2D eigenvalue weighted by Gasteiger charge is -2.35. The summed E-state index contributed by atoms with van der Waals surface area (Å²) in [6.07, 6.45) is 1.34. The molecule has 0 spiro atoms. The van der Waals surface area contributed by atoms with Crippen LogP contribution in [-0.4, -0.2) is 61.1 Å². The van der Waals surface area contributed by atoms with Gasteiger partial charge in [0, 0.05) is 50.7 Å². The van der Waals surface area contributed by atoms with Gasteiger partial charge < -0.3 is 20.9 Å². The van der Waals surface area contributed by atoms with Crippen molar-refractivity contribution in [3.63, 3.8) is 0 Å². The number of benzene rings is 2. The van der Waals surface area contributed by atoms with Crippen LogP contribution in [0.1, 0.15) is 40.9 Å². The van der Waals surface area contributed by atoms with Crippen LogP contribution >= 0.6 is 0 Å². The molecule has 0 bridgehead atoms. The first kappa shape index (κ1) is 26.8. The van der Waals surface area contributed by atoms with Gasteiger partial charge >= 0.3 is 5.97 Å². The van der Waals surface area contributed by atoms with E-state index < -0.39 is 0 Å². The normalized spacial score (nSPS) is 14.6. The Morgan fingerprint density at radius 1 is 1.09 bits per heavy atom. The van der Waals surface area contributed by atoms with E-state index in [9.17, 15) is 9.59 Å². The Morgan fingerprint density at radius 2 is 1.71 bits per heavy atom. The summed E-state index contributed by atoms with van der Waals surface area (Å²) < 4.78 is 5.07. The van der Waals surface area contributed by atoms with Crippen LogP contribution in [0, 0.1) is 0 Å². The Morgan fingerprint density at radius 3 is 2.32 bits per heavy atom. The van der Waals surface area contributed by atoms with Crippen molar-refractivity contribution in [1.82, 2.24) is 9.80 Å². The van der Waals surface area contributed by atoms with Crippen LogP contribution in [0.4, 0.5) is 5.69 Å². The quantitative estimate of drug-likeness (QED) is 0.257. The zero-order valence-corrected chi connectivity index (χ0v) is 20.1. The van der Waals surface area contributed by atoms with Crippen LogP contribution in [0.3, 0.4) is 0 Å². The SMILES string of the molecule is C=NN.CC.NNc1ccc(CC(=O)N2CCN(CCc3ccc4c(c3)COC4=O)CC2)cc1. The molecule has 2 aliphatic heterocycles. The lowest BCUT2D eigenvalue weighted by Crippen LogP contribution is -2.49. The average Bonchev–Trinajstić information content (AvgIpc) is 3.25. The van der Waals surface area contributed by atoms with Crippen molar-refractivity contribution in [2.45, 2.75) is 33.3 Å². The third-order valence-corrected chi connectivity index (χ3v) is 5.67. The Labute approximate surface area is 201 Å². The van der Waals surface area contributed by atoms with E-state index in [0.717, 1.165) is 56.0 Å². The topological polar surface area (TPSA) is 126 Å². The van der Waals surface area contributed by atoms with Gasteiger partial charge in [0.25, 0.3) is 0 Å². The number of amides is 1. The number of piperazine rings is 1. The highest BCUT2D eigenvalue weighted by Crippen LogP contribution is 2.21. The van der Waals surface area contributed by atoms with Crippen molar-refractivity contribution in [1.29, 1.82) is 0 Å². The van der Waals surface area contributed by atoms with Crippen LogP contribution < -0.4 is 17.1 Å². The summed E-state index contributed by atoms with van der Waals surface area (Å²) in [5.41, 5.74) is 7.31. The van der Waals surface area contributed by atoms with Crippen LogP contribution in [0.2, 0.25) is 0 Å². The van der Waals surface area contributed by atoms with E-state index in [4.69, 9.17) is 10.6 Å². The van der Waals surface area contributed by atoms with Crippen molar-refractivity contribution in [3.05, 3.63) is 64.7 Å². The van der Waals surface area contributed by atoms with Crippen molar-refractivity contribution < 1.29 is 14.3 Å². The smallest absolute Gasteiger partial charge is 0.338 e. The molecule has 34 heavy (non-hydrogen) atoms. The highest BCUT2D eigenvalue weighted by Gasteiger charge is 2.23. The number of anilines is 1. The van der Waals surface area contributed by atoms with E-state index in [1.807, 2.05) is 55.1 Å². The fraction of sp³-hybridized carbons (Fsp3) is 0.400. The number of ether oxygens (including phenoxy) is 1. The molecule has 2 aromatic carbocycles. The molecule has 0 saturated carbocycles. The number of rotatable bonds is 6. The molecule has 9 nitrogen and oxygen atoms in total. The number of nitrogens with two attached hydrogens (primary N) is 2. The molecular formula is C25H36N6O3. The van der Waals surface area contributed by atoms with Gasteiger partial charge in [0.1, 0.15) is 6.61 Å². The van der Waals surface area contributed by atoms with Gasteiger partial charge in [-0.1, -0.05) is 38.1 Å². The van der Waals surface area contributed by atoms with Gasteiger partial charge in [-0.15, -0.1) is 0 Å². The number of esters is 1.